The molecule has 0 saturated heterocycles. The van der Waals surface area contributed by atoms with Gasteiger partial charge in [0.25, 0.3) is 0 Å². The van der Waals surface area contributed by atoms with E-state index in [1.54, 1.807) is 24.2 Å². The monoisotopic (exact) mass is 331 g/mol. The maximum absolute atomic E-state index is 6.23. The summed E-state index contributed by atoms with van der Waals surface area (Å²) in [6.45, 7) is 0. The van der Waals surface area contributed by atoms with Gasteiger partial charge in [0, 0.05) is 34.3 Å². The largest absolute Gasteiger partial charge is 0.397 e. The number of halogens is 1. The summed E-state index contributed by atoms with van der Waals surface area (Å²) < 4.78 is 0.967. The number of nitrogens with zero attached hydrogens (tertiary/aromatic N) is 2. The van der Waals surface area contributed by atoms with Gasteiger partial charge in [-0.15, -0.1) is 0 Å². The number of hydrogen-bond donors (Lipinski definition) is 1. The molecule has 2 aromatic heterocycles. The van der Waals surface area contributed by atoms with Crippen molar-refractivity contribution in [3.05, 3.63) is 53.4 Å². The van der Waals surface area contributed by atoms with Crippen LogP contribution in [0, 0.1) is 0 Å². The molecule has 0 atom stereocenters. The first-order chi connectivity index (χ1) is 9.25. The minimum absolute atomic E-state index is 0.766. The minimum atomic E-state index is 0.766. The van der Waals surface area contributed by atoms with Crippen LogP contribution in [0.4, 0.5) is 5.69 Å². The van der Waals surface area contributed by atoms with E-state index in [1.165, 1.54) is 0 Å². The van der Waals surface area contributed by atoms with E-state index < -0.39 is 0 Å². The van der Waals surface area contributed by atoms with Crippen LogP contribution >= 0.6 is 27.7 Å². The van der Waals surface area contributed by atoms with E-state index in [4.69, 9.17) is 5.73 Å². The van der Waals surface area contributed by atoms with Crippen LogP contribution in [-0.2, 0) is 0 Å². The van der Waals surface area contributed by atoms with Gasteiger partial charge in [-0.05, 0) is 40.2 Å². The second kappa shape index (κ2) is 5.19. The van der Waals surface area contributed by atoms with Crippen LogP contribution in [0.5, 0.6) is 0 Å². The lowest BCUT2D eigenvalue weighted by Crippen LogP contribution is -1.91. The van der Waals surface area contributed by atoms with E-state index in [0.717, 1.165) is 30.9 Å². The summed E-state index contributed by atoms with van der Waals surface area (Å²) in [7, 11) is 0. The molecule has 0 saturated carbocycles. The lowest BCUT2D eigenvalue weighted by Gasteiger charge is -2.08. The number of hydrogen-bond acceptors (Lipinski definition) is 4. The number of anilines is 1. The van der Waals surface area contributed by atoms with Crippen molar-refractivity contribution in [2.75, 3.05) is 5.73 Å². The molecule has 0 aliphatic heterocycles. The molecule has 2 N–H and O–H groups in total. The van der Waals surface area contributed by atoms with E-state index >= 15 is 0 Å². The van der Waals surface area contributed by atoms with Gasteiger partial charge in [0.05, 0.1) is 10.2 Å². The Balaban J connectivity index is 2.07. The summed E-state index contributed by atoms with van der Waals surface area (Å²) in [4.78, 5) is 9.44. The fourth-order valence-electron chi connectivity index (χ4n) is 1.81. The van der Waals surface area contributed by atoms with Crippen LogP contribution in [0.25, 0.3) is 10.8 Å². The molecular formula is C14H10BrN3S. The molecule has 1 aromatic carbocycles. The van der Waals surface area contributed by atoms with Crippen molar-refractivity contribution in [3.8, 4) is 0 Å². The predicted octanol–water partition coefficient (Wildman–Crippen LogP) is 4.13. The standard InChI is InChI=1S/C14H10BrN3S/c15-11-2-1-6-18-14(11)19-12-4-3-9-8-17-7-5-10(9)13(12)16/h1-8H,16H2. The molecule has 3 nitrogen and oxygen atoms in total. The van der Waals surface area contributed by atoms with Crippen molar-refractivity contribution in [1.82, 2.24) is 9.97 Å². The zero-order chi connectivity index (χ0) is 13.2. The van der Waals surface area contributed by atoms with Gasteiger partial charge in [-0.3, -0.25) is 4.98 Å². The molecule has 0 aliphatic carbocycles. The summed E-state index contributed by atoms with van der Waals surface area (Å²) in [5, 5.41) is 2.97. The van der Waals surface area contributed by atoms with Crippen molar-refractivity contribution in [2.45, 2.75) is 9.92 Å². The molecule has 0 aliphatic rings. The van der Waals surface area contributed by atoms with Gasteiger partial charge in [-0.2, -0.15) is 0 Å². The van der Waals surface area contributed by atoms with Crippen LogP contribution in [0.1, 0.15) is 0 Å². The maximum Gasteiger partial charge on any atom is 0.115 e. The third-order valence-corrected chi connectivity index (χ3v) is 4.75. The molecule has 0 fully saturated rings. The fraction of sp³-hybridized carbons (Fsp3) is 0. The Morgan fingerprint density at radius 2 is 2.00 bits per heavy atom. The summed E-state index contributed by atoms with van der Waals surface area (Å²) >= 11 is 5.05. The molecule has 19 heavy (non-hydrogen) atoms. The Labute approximate surface area is 123 Å². The average molecular weight is 332 g/mol. The number of rotatable bonds is 2. The van der Waals surface area contributed by atoms with Crippen LogP contribution in [-0.4, -0.2) is 9.97 Å². The number of nitrogens with two attached hydrogens (primary N) is 1. The smallest absolute Gasteiger partial charge is 0.115 e. The first-order valence-corrected chi connectivity index (χ1v) is 7.27. The van der Waals surface area contributed by atoms with Crippen LogP contribution < -0.4 is 5.73 Å². The first-order valence-electron chi connectivity index (χ1n) is 5.66. The Kier molecular flexibility index (Phi) is 3.40. The van der Waals surface area contributed by atoms with E-state index in [0.29, 0.717) is 0 Å². The summed E-state index contributed by atoms with van der Waals surface area (Å²) in [5.74, 6) is 0. The van der Waals surface area contributed by atoms with Gasteiger partial charge in [0.1, 0.15) is 5.03 Å². The number of nitrogen functional groups attached to an aromatic ring is 1. The maximum atomic E-state index is 6.23. The van der Waals surface area contributed by atoms with E-state index in [1.807, 2.05) is 36.5 Å². The third kappa shape index (κ3) is 2.43. The summed E-state index contributed by atoms with van der Waals surface area (Å²) in [6, 6.07) is 9.82. The second-order valence-electron chi connectivity index (χ2n) is 3.97. The molecule has 3 rings (SSSR count). The SMILES string of the molecule is Nc1c(Sc2ncccc2Br)ccc2cnccc12. The van der Waals surface area contributed by atoms with Gasteiger partial charge in [0.15, 0.2) is 0 Å². The number of pyridine rings is 2. The second-order valence-corrected chi connectivity index (χ2v) is 5.85. The van der Waals surface area contributed by atoms with E-state index in [2.05, 4.69) is 25.9 Å². The lowest BCUT2D eigenvalue weighted by molar-refractivity contribution is 1.11. The summed E-state index contributed by atoms with van der Waals surface area (Å²) in [6.07, 6.45) is 5.34. The van der Waals surface area contributed by atoms with Crippen molar-refractivity contribution in [2.24, 2.45) is 0 Å². The molecule has 2 heterocycles. The van der Waals surface area contributed by atoms with Gasteiger partial charge in [-0.25, -0.2) is 4.98 Å². The Morgan fingerprint density at radius 3 is 2.84 bits per heavy atom. The molecule has 0 amide bonds. The predicted molar refractivity (Wildman–Crippen MR) is 82.2 cm³/mol. The van der Waals surface area contributed by atoms with Gasteiger partial charge in [-0.1, -0.05) is 17.8 Å². The molecule has 94 valence electrons. The number of aromatic nitrogens is 2. The van der Waals surface area contributed by atoms with E-state index in [-0.39, 0.29) is 0 Å². The fourth-order valence-corrected chi connectivity index (χ4v) is 3.15. The first kappa shape index (κ1) is 12.4. The highest BCUT2D eigenvalue weighted by Crippen LogP contribution is 2.37. The van der Waals surface area contributed by atoms with Crippen LogP contribution in [0.3, 0.4) is 0 Å². The Bertz CT molecular complexity index is 746. The number of fused-ring (bicyclic) bond motifs is 1. The quantitative estimate of drug-likeness (QED) is 0.717. The molecule has 0 radical (unpaired) electrons. The van der Waals surface area contributed by atoms with Crippen molar-refractivity contribution in [3.63, 3.8) is 0 Å². The average Bonchev–Trinajstić information content (AvgIpc) is 2.44. The van der Waals surface area contributed by atoms with E-state index in [9.17, 15) is 0 Å². The zero-order valence-corrected chi connectivity index (χ0v) is 12.3. The van der Waals surface area contributed by atoms with Gasteiger partial charge >= 0.3 is 0 Å². The summed E-state index contributed by atoms with van der Waals surface area (Å²) in [5.41, 5.74) is 6.99. The molecular weight excluding hydrogens is 322 g/mol. The van der Waals surface area contributed by atoms with Crippen molar-refractivity contribution in [1.29, 1.82) is 0 Å². The molecule has 0 unspecified atom stereocenters. The molecule has 0 bridgehead atoms. The highest BCUT2D eigenvalue weighted by atomic mass is 79.9. The minimum Gasteiger partial charge on any atom is -0.397 e. The van der Waals surface area contributed by atoms with Crippen LogP contribution in [0.15, 0.2) is 63.3 Å². The topological polar surface area (TPSA) is 51.8 Å². The zero-order valence-electron chi connectivity index (χ0n) is 9.88. The molecule has 5 heteroatoms. The normalized spacial score (nSPS) is 10.8. The Morgan fingerprint density at radius 1 is 1.11 bits per heavy atom. The molecule has 3 aromatic rings. The Hall–Kier alpha value is -1.59. The third-order valence-electron chi connectivity index (χ3n) is 2.75. The van der Waals surface area contributed by atoms with Crippen molar-refractivity contribution < 1.29 is 0 Å². The highest BCUT2D eigenvalue weighted by Gasteiger charge is 2.08. The number of benzene rings is 1. The van der Waals surface area contributed by atoms with Gasteiger partial charge in [0.2, 0.25) is 0 Å². The van der Waals surface area contributed by atoms with Crippen LogP contribution in [0.2, 0.25) is 0 Å². The molecule has 0 spiro atoms. The lowest BCUT2D eigenvalue weighted by atomic mass is 10.1. The van der Waals surface area contributed by atoms with Gasteiger partial charge < -0.3 is 5.73 Å². The van der Waals surface area contributed by atoms with Crippen molar-refractivity contribution >= 4 is 44.2 Å². The highest BCUT2D eigenvalue weighted by molar-refractivity contribution is 9.10.